The first-order valence-corrected chi connectivity index (χ1v) is 13.8. The lowest BCUT2D eigenvalue weighted by Gasteiger charge is -2.29. The van der Waals surface area contributed by atoms with Crippen LogP contribution in [0.25, 0.3) is 6.08 Å². The number of amides is 2. The Hall–Kier alpha value is -1.90. The summed E-state index contributed by atoms with van der Waals surface area (Å²) in [7, 11) is 1.61. The minimum atomic E-state index is -0.170. The number of fused-ring (bicyclic) bond motifs is 1. The average molecular weight is 550 g/mol. The summed E-state index contributed by atoms with van der Waals surface area (Å²) < 4.78 is 6.11. The fourth-order valence-corrected chi connectivity index (χ4v) is 5.96. The van der Waals surface area contributed by atoms with Gasteiger partial charge >= 0.3 is 0 Å². The zero-order valence-electron chi connectivity index (χ0n) is 18.9. The molecule has 2 amide bonds. The molecular weight excluding hydrogens is 520 g/mol. The predicted octanol–water partition coefficient (Wildman–Crippen LogP) is 5.98. The van der Waals surface area contributed by atoms with Crippen LogP contribution in [-0.2, 0) is 9.59 Å². The minimum absolute atomic E-state index is 0.00301. The third-order valence-electron chi connectivity index (χ3n) is 5.04. The Morgan fingerprint density at radius 2 is 2.00 bits per heavy atom. The van der Waals surface area contributed by atoms with Gasteiger partial charge in [0.2, 0.25) is 5.91 Å². The third kappa shape index (κ3) is 7.29. The van der Waals surface area contributed by atoms with Crippen LogP contribution < -0.4 is 15.0 Å². The molecule has 1 aliphatic heterocycles. The Morgan fingerprint density at radius 3 is 2.76 bits per heavy atom. The van der Waals surface area contributed by atoms with Gasteiger partial charge in [-0.1, -0.05) is 43.3 Å². The van der Waals surface area contributed by atoms with Crippen molar-refractivity contribution >= 4 is 63.0 Å². The van der Waals surface area contributed by atoms with Crippen LogP contribution in [0.4, 0.5) is 5.69 Å². The summed E-state index contributed by atoms with van der Waals surface area (Å²) in [5.74, 6) is 2.62. The Balaban J connectivity index is 1.68. The van der Waals surface area contributed by atoms with Crippen molar-refractivity contribution in [3.8, 4) is 5.75 Å². The number of ether oxygens (including phenoxy) is 1. The molecule has 0 atom stereocenters. The molecule has 3 rings (SSSR count). The maximum absolute atomic E-state index is 13.3. The van der Waals surface area contributed by atoms with Gasteiger partial charge in [-0.3, -0.25) is 14.5 Å². The summed E-state index contributed by atoms with van der Waals surface area (Å²) in [5, 5.41) is 2.96. The molecule has 5 nitrogen and oxygen atoms in total. The number of anilines is 1. The molecule has 0 bridgehead atoms. The Kier molecular flexibility index (Phi) is 10.2. The molecule has 8 heteroatoms. The smallest absolute Gasteiger partial charge is 0.265 e. The van der Waals surface area contributed by atoms with Crippen LogP contribution in [0.1, 0.15) is 31.7 Å². The van der Waals surface area contributed by atoms with Crippen LogP contribution in [0, 0.1) is 0 Å². The van der Waals surface area contributed by atoms with Gasteiger partial charge in [0, 0.05) is 11.4 Å². The van der Waals surface area contributed by atoms with Crippen molar-refractivity contribution in [2.75, 3.05) is 36.6 Å². The number of rotatable bonds is 11. The maximum Gasteiger partial charge on any atom is 0.265 e. The first-order valence-electron chi connectivity index (χ1n) is 11.0. The number of para-hydroxylation sites is 1. The maximum atomic E-state index is 13.3. The highest BCUT2D eigenvalue weighted by Gasteiger charge is 2.30. The molecule has 0 spiro atoms. The van der Waals surface area contributed by atoms with Gasteiger partial charge in [0.15, 0.2) is 0 Å². The van der Waals surface area contributed by atoms with E-state index in [1.54, 1.807) is 12.0 Å². The molecular formula is C25H29BrN2O3S2. The van der Waals surface area contributed by atoms with Gasteiger partial charge in [-0.2, -0.15) is 11.8 Å². The van der Waals surface area contributed by atoms with Crippen molar-refractivity contribution in [1.82, 2.24) is 5.32 Å². The number of halogens is 1. The summed E-state index contributed by atoms with van der Waals surface area (Å²) >= 11 is 6.84. The molecule has 33 heavy (non-hydrogen) atoms. The van der Waals surface area contributed by atoms with E-state index in [1.807, 2.05) is 60.3 Å². The monoisotopic (exact) mass is 548 g/mol. The normalized spacial score (nSPS) is 14.3. The molecule has 0 radical (unpaired) electrons. The summed E-state index contributed by atoms with van der Waals surface area (Å²) in [6.07, 6.45) is 5.22. The first kappa shape index (κ1) is 25.7. The average Bonchev–Trinajstić information content (AvgIpc) is 2.81. The zero-order chi connectivity index (χ0) is 23.6. The number of carbonyl (C=O) groups excluding carboxylic acids is 2. The molecule has 1 aliphatic rings. The number of nitrogens with one attached hydrogen (secondary N) is 1. The first-order chi connectivity index (χ1) is 16.0. The van der Waals surface area contributed by atoms with Crippen LogP contribution in [0.2, 0.25) is 0 Å². The van der Waals surface area contributed by atoms with Crippen molar-refractivity contribution in [3.05, 3.63) is 57.4 Å². The Labute approximate surface area is 212 Å². The highest BCUT2D eigenvalue weighted by molar-refractivity contribution is 9.10. The van der Waals surface area contributed by atoms with E-state index in [1.165, 1.54) is 30.4 Å². The third-order valence-corrected chi connectivity index (χ3v) is 7.89. The molecule has 0 aromatic heterocycles. The Morgan fingerprint density at radius 1 is 1.21 bits per heavy atom. The molecule has 2 aromatic rings. The van der Waals surface area contributed by atoms with Gasteiger partial charge in [-0.05, 0) is 76.2 Å². The summed E-state index contributed by atoms with van der Waals surface area (Å²) in [4.78, 5) is 29.1. The standard InChI is InChI=1S/C25H29BrN2O3S2/c1-3-4-13-32-14-7-12-27-24(29)17-28-20-8-5-6-9-22(20)33-23(25(28)30)16-18-10-11-21(31-2)19(26)15-18/h5-6,8-11,15-16H,3-4,7,12-14,17H2,1-2H3,(H,27,29). The van der Waals surface area contributed by atoms with Gasteiger partial charge < -0.3 is 10.1 Å². The number of thioether (sulfide) groups is 2. The fourth-order valence-electron chi connectivity index (χ4n) is 3.29. The SMILES string of the molecule is CCCCSCCCNC(=O)CN1C(=O)C(=Cc2ccc(OC)c(Br)c2)Sc2ccccc21. The summed E-state index contributed by atoms with van der Waals surface area (Å²) in [6, 6.07) is 13.4. The summed E-state index contributed by atoms with van der Waals surface area (Å²) in [6.45, 7) is 2.82. The topological polar surface area (TPSA) is 58.6 Å². The van der Waals surface area contributed by atoms with E-state index in [2.05, 4.69) is 28.2 Å². The highest BCUT2D eigenvalue weighted by atomic mass is 79.9. The molecule has 0 saturated carbocycles. The number of methoxy groups -OCH3 is 1. The van der Waals surface area contributed by atoms with E-state index in [9.17, 15) is 9.59 Å². The summed E-state index contributed by atoms with van der Waals surface area (Å²) in [5.41, 5.74) is 1.65. The second-order valence-electron chi connectivity index (χ2n) is 7.53. The second kappa shape index (κ2) is 13.1. The number of nitrogens with zero attached hydrogens (tertiary/aromatic N) is 1. The van der Waals surface area contributed by atoms with Gasteiger partial charge in [-0.25, -0.2) is 0 Å². The number of hydrogen-bond acceptors (Lipinski definition) is 5. The second-order valence-corrected chi connectivity index (χ2v) is 10.7. The fraction of sp³-hybridized carbons (Fsp3) is 0.360. The van der Waals surface area contributed by atoms with E-state index in [-0.39, 0.29) is 18.4 Å². The van der Waals surface area contributed by atoms with Crippen LogP contribution >= 0.6 is 39.5 Å². The molecule has 176 valence electrons. The van der Waals surface area contributed by atoms with Crippen molar-refractivity contribution in [1.29, 1.82) is 0 Å². The zero-order valence-corrected chi connectivity index (χ0v) is 22.2. The molecule has 0 aliphatic carbocycles. The Bertz CT molecular complexity index is 1010. The van der Waals surface area contributed by atoms with Crippen LogP contribution in [0.15, 0.2) is 56.7 Å². The molecule has 0 saturated heterocycles. The molecule has 1 N–H and O–H groups in total. The molecule has 0 fully saturated rings. The number of benzene rings is 2. The number of carbonyl (C=O) groups is 2. The number of unbranched alkanes of at least 4 members (excludes halogenated alkanes) is 1. The van der Waals surface area contributed by atoms with E-state index >= 15 is 0 Å². The van der Waals surface area contributed by atoms with Gasteiger partial charge in [0.1, 0.15) is 12.3 Å². The lowest BCUT2D eigenvalue weighted by atomic mass is 10.2. The van der Waals surface area contributed by atoms with Crippen molar-refractivity contribution in [2.45, 2.75) is 31.1 Å². The van der Waals surface area contributed by atoms with Crippen LogP contribution in [0.5, 0.6) is 5.75 Å². The predicted molar refractivity (Wildman–Crippen MR) is 143 cm³/mol. The van der Waals surface area contributed by atoms with E-state index in [4.69, 9.17) is 4.74 Å². The van der Waals surface area contributed by atoms with E-state index in [0.29, 0.717) is 11.4 Å². The van der Waals surface area contributed by atoms with Crippen molar-refractivity contribution < 1.29 is 14.3 Å². The van der Waals surface area contributed by atoms with Crippen LogP contribution in [-0.4, -0.2) is 43.5 Å². The quantitative estimate of drug-likeness (QED) is 0.276. The van der Waals surface area contributed by atoms with Crippen molar-refractivity contribution in [3.63, 3.8) is 0 Å². The lowest BCUT2D eigenvalue weighted by molar-refractivity contribution is -0.122. The lowest BCUT2D eigenvalue weighted by Crippen LogP contribution is -2.43. The van der Waals surface area contributed by atoms with Gasteiger partial charge in [-0.15, -0.1) is 0 Å². The van der Waals surface area contributed by atoms with Gasteiger partial charge in [0.05, 0.1) is 22.2 Å². The van der Waals surface area contributed by atoms with E-state index in [0.717, 1.165) is 38.5 Å². The molecule has 0 unspecified atom stereocenters. The minimum Gasteiger partial charge on any atom is -0.496 e. The van der Waals surface area contributed by atoms with E-state index < -0.39 is 0 Å². The molecule has 2 aromatic carbocycles. The molecule has 1 heterocycles. The van der Waals surface area contributed by atoms with Crippen molar-refractivity contribution in [2.24, 2.45) is 0 Å². The highest BCUT2D eigenvalue weighted by Crippen LogP contribution is 2.42. The van der Waals surface area contributed by atoms with Gasteiger partial charge in [0.25, 0.3) is 5.91 Å². The largest absolute Gasteiger partial charge is 0.496 e. The van der Waals surface area contributed by atoms with Crippen LogP contribution in [0.3, 0.4) is 0 Å². The number of hydrogen-bond donors (Lipinski definition) is 1.